The van der Waals surface area contributed by atoms with Crippen LogP contribution < -0.4 is 0 Å². The van der Waals surface area contributed by atoms with E-state index < -0.39 is 139 Å². The van der Waals surface area contributed by atoms with Gasteiger partial charge < -0.3 is 61.7 Å². The molecule has 0 aliphatic carbocycles. The second-order valence-corrected chi connectivity index (χ2v) is 22.0. The highest BCUT2D eigenvalue weighted by atomic mass is 16.7. The van der Waals surface area contributed by atoms with Crippen LogP contribution in [-0.4, -0.2) is 198 Å². The zero-order valence-corrected chi connectivity index (χ0v) is 50.0. The van der Waals surface area contributed by atoms with Gasteiger partial charge in [0, 0.05) is 93.8 Å². The van der Waals surface area contributed by atoms with Gasteiger partial charge in [-0.15, -0.1) is 0 Å². The number of likely N-dealkylation sites (N-methyl/N-ethyl adjacent to an activating group) is 1. The van der Waals surface area contributed by atoms with E-state index in [-0.39, 0.29) is 31.6 Å². The van der Waals surface area contributed by atoms with Gasteiger partial charge in [0.2, 0.25) is 0 Å². The normalized spacial score (nSPS) is 32.9. The summed E-state index contributed by atoms with van der Waals surface area (Å²) in [6.45, 7) is 17.8. The quantitative estimate of drug-likeness (QED) is 0.0576. The van der Waals surface area contributed by atoms with E-state index in [1.165, 1.54) is 47.7 Å². The zero-order valence-electron chi connectivity index (χ0n) is 50.0. The third kappa shape index (κ3) is 20.0. The number of carbonyl (C=O) groups is 6. The number of ether oxygens (including phenoxy) is 12. The lowest BCUT2D eigenvalue weighted by molar-refractivity contribution is -0.320. The number of aryl methyl sites for hydroxylation is 1. The molecule has 0 aromatic heterocycles. The molecular weight excluding hydrogens is 1030 g/mol. The van der Waals surface area contributed by atoms with E-state index in [0.29, 0.717) is 32.5 Å². The molecule has 3 saturated heterocycles. The number of hydrogen-bond acceptors (Lipinski definition) is 21. The van der Waals surface area contributed by atoms with Gasteiger partial charge in [0.25, 0.3) is 0 Å². The number of hydrogen-bond donors (Lipinski definition) is 0. The van der Waals surface area contributed by atoms with Crippen LogP contribution in [0.2, 0.25) is 0 Å². The van der Waals surface area contributed by atoms with Gasteiger partial charge in [0.05, 0.1) is 31.2 Å². The largest absolute Gasteiger partial charge is 0.463 e. The average molecular weight is 1120 g/mol. The molecule has 79 heavy (non-hydrogen) atoms. The molecule has 3 heterocycles. The van der Waals surface area contributed by atoms with Gasteiger partial charge in [0.1, 0.15) is 42.7 Å². The fourth-order valence-electron chi connectivity index (χ4n) is 11.7. The summed E-state index contributed by atoms with van der Waals surface area (Å²) in [7, 11) is 10.1. The van der Waals surface area contributed by atoms with E-state index in [0.717, 1.165) is 19.3 Å². The molecule has 3 aliphatic heterocycles. The number of carbonyl (C=O) groups excluding carboxylic acids is 6. The molecule has 21 nitrogen and oxygen atoms in total. The Balaban J connectivity index is 1.93. The van der Waals surface area contributed by atoms with Crippen LogP contribution >= 0.6 is 0 Å². The van der Waals surface area contributed by atoms with Crippen molar-refractivity contribution in [1.82, 2.24) is 14.9 Å². The maximum absolute atomic E-state index is 14.3. The minimum Gasteiger partial charge on any atom is -0.463 e. The number of hydrazine groups is 1. The smallest absolute Gasteiger partial charge is 0.309 e. The average Bonchev–Trinajstić information content (AvgIpc) is 3.53. The summed E-state index contributed by atoms with van der Waals surface area (Å²) in [6, 6.07) is 9.51. The number of rotatable bonds is 21. The Morgan fingerprint density at radius 3 is 2.03 bits per heavy atom. The molecule has 0 N–H and O–H groups in total. The lowest BCUT2D eigenvalue weighted by Crippen LogP contribution is -2.68. The van der Waals surface area contributed by atoms with Gasteiger partial charge in [-0.05, 0) is 91.3 Å². The summed E-state index contributed by atoms with van der Waals surface area (Å²) in [5.41, 5.74) is -0.127. The Bertz CT molecular complexity index is 2060. The molecular formula is C58H95N3O18. The second-order valence-electron chi connectivity index (χ2n) is 22.0. The van der Waals surface area contributed by atoms with Crippen LogP contribution in [0.3, 0.4) is 0 Å². The van der Waals surface area contributed by atoms with Gasteiger partial charge in [-0.25, -0.2) is 10.0 Å². The first-order chi connectivity index (χ1) is 37.4. The van der Waals surface area contributed by atoms with Crippen LogP contribution in [0, 0.1) is 17.8 Å². The first-order valence-corrected chi connectivity index (χ1v) is 28.2. The van der Waals surface area contributed by atoms with Gasteiger partial charge in [-0.1, -0.05) is 51.1 Å². The van der Waals surface area contributed by atoms with Gasteiger partial charge in [-0.3, -0.25) is 28.8 Å². The summed E-state index contributed by atoms with van der Waals surface area (Å²) in [5, 5.41) is 4.29. The predicted octanol–water partition coefficient (Wildman–Crippen LogP) is 6.23. The summed E-state index contributed by atoms with van der Waals surface area (Å²) in [6.07, 6.45) is -8.07. The van der Waals surface area contributed by atoms with Crippen molar-refractivity contribution in [3.05, 3.63) is 35.9 Å². The highest BCUT2D eigenvalue weighted by Gasteiger charge is 2.58. The van der Waals surface area contributed by atoms with E-state index in [1.807, 2.05) is 65.0 Å². The van der Waals surface area contributed by atoms with E-state index in [2.05, 4.69) is 22.2 Å². The van der Waals surface area contributed by atoms with Crippen LogP contribution in [-0.2, 0) is 92.0 Å². The van der Waals surface area contributed by atoms with Crippen molar-refractivity contribution in [3.63, 3.8) is 0 Å². The maximum atomic E-state index is 14.3. The molecule has 3 aliphatic rings. The molecule has 0 bridgehead atoms. The first kappa shape index (κ1) is 67.2. The van der Waals surface area contributed by atoms with E-state index in [9.17, 15) is 28.8 Å². The van der Waals surface area contributed by atoms with Crippen molar-refractivity contribution in [2.24, 2.45) is 17.8 Å². The lowest BCUT2D eigenvalue weighted by Gasteiger charge is -2.54. The second kappa shape index (κ2) is 32.4. The molecule has 21 heteroatoms. The Morgan fingerprint density at radius 2 is 1.44 bits per heavy atom. The van der Waals surface area contributed by atoms with E-state index >= 15 is 0 Å². The molecule has 0 amide bonds. The van der Waals surface area contributed by atoms with Crippen LogP contribution in [0.5, 0.6) is 0 Å². The topological polar surface area (TPSA) is 223 Å². The summed E-state index contributed by atoms with van der Waals surface area (Å²) >= 11 is 0. The van der Waals surface area contributed by atoms with Gasteiger partial charge in [0.15, 0.2) is 24.3 Å². The van der Waals surface area contributed by atoms with Crippen molar-refractivity contribution < 1.29 is 85.6 Å². The fraction of sp³-hybridized carbons (Fsp3) is 0.793. The molecule has 450 valence electrons. The minimum absolute atomic E-state index is 0.0208. The molecule has 1 aromatic carbocycles. The molecule has 0 spiro atoms. The Labute approximate surface area is 469 Å². The van der Waals surface area contributed by atoms with Gasteiger partial charge in [-0.2, -0.15) is 0 Å². The number of benzene rings is 1. The number of nitrogens with zero attached hydrogens (tertiary/aromatic N) is 3. The monoisotopic (exact) mass is 1120 g/mol. The van der Waals surface area contributed by atoms with Crippen LogP contribution in [0.1, 0.15) is 133 Å². The molecule has 0 saturated carbocycles. The SMILES string of the molecule is CCC(=O)O[C@@H]1CC(=O)O[C@H](C)CCN(C)N(CCCCc2ccccc2)C[C@H](OC(C)=O)[C@H](C)C[C@H](CC(OC)OC)[C@H]([C@@H]2O[C@H](C)[C@@H](O[C@@H]3C[C@@](C)(OC(C)=O)[C@@H](OC(=O)CC)[C@H](C)O3)[C@H](N(C)C)[C@H]2OC(C)=O)[C@@H]1OC. The Morgan fingerprint density at radius 1 is 0.797 bits per heavy atom. The minimum atomic E-state index is -1.37. The Kier molecular flexibility index (Phi) is 27.5. The van der Waals surface area contributed by atoms with Crippen molar-refractivity contribution >= 4 is 35.8 Å². The number of cyclic esters (lactones) is 1. The number of unbranched alkanes of at least 4 members (excludes halogenated alkanes) is 1. The van der Waals surface area contributed by atoms with Crippen molar-refractivity contribution in [3.8, 4) is 0 Å². The molecule has 4 rings (SSSR count). The number of esters is 6. The zero-order chi connectivity index (χ0) is 58.7. The van der Waals surface area contributed by atoms with E-state index in [4.69, 9.17) is 56.8 Å². The van der Waals surface area contributed by atoms with Crippen molar-refractivity contribution in [1.29, 1.82) is 0 Å². The summed E-state index contributed by atoms with van der Waals surface area (Å²) in [4.78, 5) is 81.9. The first-order valence-electron chi connectivity index (χ1n) is 28.2. The fourth-order valence-corrected chi connectivity index (χ4v) is 11.7. The van der Waals surface area contributed by atoms with Crippen molar-refractivity contribution in [2.75, 3.05) is 62.1 Å². The third-order valence-corrected chi connectivity index (χ3v) is 15.5. The summed E-state index contributed by atoms with van der Waals surface area (Å²) in [5.74, 6) is -5.33. The predicted molar refractivity (Wildman–Crippen MR) is 290 cm³/mol. The standard InChI is InChI=1S/C58H95N3O18/c1-17-46(65)76-44-32-48(67)71-36(4)27-29-60(13)61(28-23-22-26-42-24-20-19-21-25-42)34-45(74-39(7)62)35(3)30-43(31-49(68-14)69-15)51(54(44)70-16)55-56(75-40(8)63)52(59(11)12)53(37(5)73-55)78-50-33-58(10,79-41(9)64)57(38(6)72-50)77-47(66)18-2/h19-21,24-25,35-38,43-45,49-57H,17-18,22-23,26-34H2,1-16H3/t35-,36-,37-,38+,43-,44-,45+,50-,51+,52+,53-,54-,55+,56-,57+,58-/m1/s1. The molecule has 0 unspecified atom stereocenters. The van der Waals surface area contributed by atoms with Crippen LogP contribution in [0.15, 0.2) is 30.3 Å². The Hall–Kier alpha value is -4.32. The molecule has 1 aromatic rings. The third-order valence-electron chi connectivity index (χ3n) is 15.5. The molecule has 0 radical (unpaired) electrons. The van der Waals surface area contributed by atoms with Gasteiger partial charge >= 0.3 is 35.8 Å². The maximum Gasteiger partial charge on any atom is 0.309 e. The van der Waals surface area contributed by atoms with Crippen molar-refractivity contribution in [2.45, 2.75) is 219 Å². The molecule has 3 fully saturated rings. The van der Waals surface area contributed by atoms with Crippen LogP contribution in [0.25, 0.3) is 0 Å². The van der Waals surface area contributed by atoms with E-state index in [1.54, 1.807) is 27.7 Å². The van der Waals surface area contributed by atoms with Crippen LogP contribution in [0.4, 0.5) is 0 Å². The highest BCUT2D eigenvalue weighted by Crippen LogP contribution is 2.44. The summed E-state index contributed by atoms with van der Waals surface area (Å²) < 4.78 is 75.7. The lowest BCUT2D eigenvalue weighted by atomic mass is 9.70. The highest BCUT2D eigenvalue weighted by molar-refractivity contribution is 5.73. The number of methoxy groups -OCH3 is 3. The molecule has 16 atom stereocenters.